The fourth-order valence-corrected chi connectivity index (χ4v) is 3.35. The number of nitrogens with zero attached hydrogens (tertiary/aromatic N) is 3. The summed E-state index contributed by atoms with van der Waals surface area (Å²) >= 11 is 8.64. The number of rotatable bonds is 6. The summed E-state index contributed by atoms with van der Waals surface area (Å²) in [6.07, 6.45) is 0. The minimum atomic E-state index is 0.0328. The Balaban J connectivity index is 1.88. The van der Waals surface area contributed by atoms with Crippen molar-refractivity contribution in [2.45, 2.75) is 18.6 Å². The van der Waals surface area contributed by atoms with Crippen LogP contribution in [0.5, 0.6) is 0 Å². The van der Waals surface area contributed by atoms with E-state index in [-0.39, 0.29) is 17.6 Å². The number of amides is 1. The maximum atomic E-state index is 12.1. The van der Waals surface area contributed by atoms with Crippen LogP contribution in [-0.2, 0) is 11.3 Å². The highest BCUT2D eigenvalue weighted by Gasteiger charge is 2.14. The second-order valence-corrected chi connectivity index (χ2v) is 6.65. The summed E-state index contributed by atoms with van der Waals surface area (Å²) in [4.78, 5) is 18.9. The molecule has 0 bridgehead atoms. The van der Waals surface area contributed by atoms with Gasteiger partial charge in [0.25, 0.3) is 0 Å². The highest BCUT2D eigenvalue weighted by molar-refractivity contribution is 7.99. The molecule has 0 spiro atoms. The van der Waals surface area contributed by atoms with Crippen LogP contribution in [0, 0.1) is 0 Å². The summed E-state index contributed by atoms with van der Waals surface area (Å²) in [6.45, 7) is 3.16. The Labute approximate surface area is 129 Å². The summed E-state index contributed by atoms with van der Waals surface area (Å²) in [5.41, 5.74) is 5.43. The van der Waals surface area contributed by atoms with Crippen LogP contribution in [0.4, 0.5) is 5.95 Å². The monoisotopic (exact) mass is 331 g/mol. The molecule has 0 atom stereocenters. The first-order chi connectivity index (χ1) is 9.58. The third-order valence-electron chi connectivity index (χ3n) is 2.52. The number of carbonyl (C=O) groups excluding carboxylic acids is 1. The van der Waals surface area contributed by atoms with Gasteiger partial charge in [-0.15, -0.1) is 16.4 Å². The molecule has 2 heterocycles. The predicted octanol–water partition coefficient (Wildman–Crippen LogP) is 2.24. The number of aromatic nitrogens is 3. The molecule has 20 heavy (non-hydrogen) atoms. The van der Waals surface area contributed by atoms with E-state index in [2.05, 4.69) is 15.2 Å². The lowest BCUT2D eigenvalue weighted by atomic mass is 10.4. The molecule has 6 nitrogen and oxygen atoms in total. The number of hydrogen-bond donors (Lipinski definition) is 2. The number of H-pyrrole nitrogens is 1. The highest BCUT2D eigenvalue weighted by atomic mass is 35.5. The Morgan fingerprint density at radius 2 is 2.40 bits per heavy atom. The van der Waals surface area contributed by atoms with Gasteiger partial charge in [-0.1, -0.05) is 23.4 Å². The van der Waals surface area contributed by atoms with Crippen LogP contribution in [0.25, 0.3) is 0 Å². The molecule has 0 aliphatic heterocycles. The average molecular weight is 332 g/mol. The maximum absolute atomic E-state index is 12.1. The highest BCUT2D eigenvalue weighted by Crippen LogP contribution is 2.23. The van der Waals surface area contributed by atoms with E-state index in [0.717, 1.165) is 9.21 Å². The molecule has 0 aliphatic carbocycles. The van der Waals surface area contributed by atoms with Gasteiger partial charge in [-0.3, -0.25) is 4.79 Å². The maximum Gasteiger partial charge on any atom is 0.233 e. The van der Waals surface area contributed by atoms with Crippen molar-refractivity contribution in [2.24, 2.45) is 0 Å². The number of hydrogen-bond acceptors (Lipinski definition) is 6. The van der Waals surface area contributed by atoms with Crippen LogP contribution in [-0.4, -0.2) is 38.3 Å². The molecule has 0 aliphatic rings. The molecule has 0 aromatic carbocycles. The van der Waals surface area contributed by atoms with Crippen LogP contribution >= 0.6 is 34.7 Å². The van der Waals surface area contributed by atoms with E-state index in [1.54, 1.807) is 4.90 Å². The van der Waals surface area contributed by atoms with Crippen molar-refractivity contribution in [1.29, 1.82) is 0 Å². The third-order valence-corrected chi connectivity index (χ3v) is 4.56. The van der Waals surface area contributed by atoms with Gasteiger partial charge in [0.05, 0.1) is 16.6 Å². The molecule has 2 rings (SSSR count). The van der Waals surface area contributed by atoms with E-state index in [9.17, 15) is 4.79 Å². The zero-order valence-electron chi connectivity index (χ0n) is 10.8. The van der Waals surface area contributed by atoms with Gasteiger partial charge in [-0.25, -0.2) is 5.10 Å². The fraction of sp³-hybridized carbons (Fsp3) is 0.364. The number of nitrogens with two attached hydrogens (primary N) is 1. The quantitative estimate of drug-likeness (QED) is 0.792. The van der Waals surface area contributed by atoms with Gasteiger partial charge >= 0.3 is 0 Å². The van der Waals surface area contributed by atoms with Crippen molar-refractivity contribution in [2.75, 3.05) is 18.0 Å². The molecular formula is C11H14ClN5OS2. The van der Waals surface area contributed by atoms with Crippen LogP contribution < -0.4 is 5.73 Å². The molecule has 0 unspecified atom stereocenters. The van der Waals surface area contributed by atoms with Crippen molar-refractivity contribution < 1.29 is 4.79 Å². The predicted molar refractivity (Wildman–Crippen MR) is 81.9 cm³/mol. The third kappa shape index (κ3) is 4.12. The van der Waals surface area contributed by atoms with Gasteiger partial charge in [-0.05, 0) is 19.1 Å². The first-order valence-electron chi connectivity index (χ1n) is 5.91. The van der Waals surface area contributed by atoms with Crippen molar-refractivity contribution in [3.05, 3.63) is 21.3 Å². The second kappa shape index (κ2) is 6.96. The van der Waals surface area contributed by atoms with Gasteiger partial charge in [0.1, 0.15) is 0 Å². The molecule has 108 valence electrons. The topological polar surface area (TPSA) is 87.9 Å². The first kappa shape index (κ1) is 15.1. The lowest BCUT2D eigenvalue weighted by Gasteiger charge is -2.19. The molecule has 2 aromatic heterocycles. The number of anilines is 1. The minimum Gasteiger partial charge on any atom is -0.368 e. The van der Waals surface area contributed by atoms with E-state index in [1.165, 1.54) is 23.1 Å². The standard InChI is InChI=1S/C11H14ClN5OS2/c1-2-17(5-7-3-4-8(12)20-7)9(18)6-19-11-14-10(13)15-16-11/h3-4H,2,5-6H2,1H3,(H3,13,14,15,16). The Hall–Kier alpha value is -1.25. The van der Waals surface area contributed by atoms with Gasteiger partial charge in [0.15, 0.2) is 0 Å². The summed E-state index contributed by atoms with van der Waals surface area (Å²) in [6, 6.07) is 3.77. The number of nitrogens with one attached hydrogen (secondary N) is 1. The van der Waals surface area contributed by atoms with Gasteiger partial charge in [-0.2, -0.15) is 4.98 Å². The van der Waals surface area contributed by atoms with Crippen molar-refractivity contribution >= 4 is 46.6 Å². The summed E-state index contributed by atoms with van der Waals surface area (Å²) in [7, 11) is 0. The lowest BCUT2D eigenvalue weighted by molar-refractivity contribution is -0.128. The Morgan fingerprint density at radius 1 is 1.60 bits per heavy atom. The number of halogens is 1. The van der Waals surface area contributed by atoms with Crippen LogP contribution in [0.3, 0.4) is 0 Å². The summed E-state index contributed by atoms with van der Waals surface area (Å²) in [5, 5.41) is 6.89. The molecule has 0 saturated carbocycles. The largest absolute Gasteiger partial charge is 0.368 e. The zero-order chi connectivity index (χ0) is 14.5. The molecule has 3 N–H and O–H groups in total. The number of aromatic amines is 1. The minimum absolute atomic E-state index is 0.0328. The molecule has 9 heteroatoms. The van der Waals surface area contributed by atoms with Crippen LogP contribution in [0.2, 0.25) is 4.34 Å². The molecule has 0 radical (unpaired) electrons. The second-order valence-electron chi connectivity index (χ2n) is 3.91. The van der Waals surface area contributed by atoms with Gasteiger partial charge in [0, 0.05) is 11.4 Å². The van der Waals surface area contributed by atoms with Crippen LogP contribution in [0.1, 0.15) is 11.8 Å². The molecule has 1 amide bonds. The lowest BCUT2D eigenvalue weighted by Crippen LogP contribution is -2.31. The van der Waals surface area contributed by atoms with E-state index >= 15 is 0 Å². The SMILES string of the molecule is CCN(Cc1ccc(Cl)s1)C(=O)CSc1n[nH]c(N)n1. The van der Waals surface area contributed by atoms with E-state index < -0.39 is 0 Å². The average Bonchev–Trinajstić information content (AvgIpc) is 3.02. The number of thiophene rings is 1. The normalized spacial score (nSPS) is 10.7. The van der Waals surface area contributed by atoms with Crippen molar-refractivity contribution in [1.82, 2.24) is 20.1 Å². The van der Waals surface area contributed by atoms with Gasteiger partial charge < -0.3 is 10.6 Å². The fourth-order valence-electron chi connectivity index (χ4n) is 1.54. The zero-order valence-corrected chi connectivity index (χ0v) is 13.2. The first-order valence-corrected chi connectivity index (χ1v) is 8.09. The molecule has 0 fully saturated rings. The van der Waals surface area contributed by atoms with E-state index in [0.29, 0.717) is 18.2 Å². The Bertz CT molecular complexity index is 585. The van der Waals surface area contributed by atoms with Crippen molar-refractivity contribution in [3.63, 3.8) is 0 Å². The van der Waals surface area contributed by atoms with Gasteiger partial charge in [0.2, 0.25) is 17.0 Å². The Morgan fingerprint density at radius 3 is 2.95 bits per heavy atom. The number of thioether (sulfide) groups is 1. The molecule has 2 aromatic rings. The number of carbonyl (C=O) groups is 1. The van der Waals surface area contributed by atoms with Crippen LogP contribution in [0.15, 0.2) is 17.3 Å². The Kier molecular flexibility index (Phi) is 5.27. The smallest absolute Gasteiger partial charge is 0.233 e. The van der Waals surface area contributed by atoms with E-state index in [1.807, 2.05) is 19.1 Å². The molecule has 0 saturated heterocycles. The summed E-state index contributed by atoms with van der Waals surface area (Å²) in [5.74, 6) is 0.565. The van der Waals surface area contributed by atoms with E-state index in [4.69, 9.17) is 17.3 Å². The van der Waals surface area contributed by atoms with Crippen molar-refractivity contribution in [3.8, 4) is 0 Å². The molecular weight excluding hydrogens is 318 g/mol. The number of nitrogen functional groups attached to an aromatic ring is 1. The summed E-state index contributed by atoms with van der Waals surface area (Å²) < 4.78 is 0.731.